The van der Waals surface area contributed by atoms with Gasteiger partial charge in [0.15, 0.2) is 12.1 Å². The number of aliphatic hydroxyl groups excluding tert-OH is 1. The molecule has 2 amide bonds. The van der Waals surface area contributed by atoms with Crippen LogP contribution < -0.4 is 4.90 Å². The number of urea groups is 1. The summed E-state index contributed by atoms with van der Waals surface area (Å²) in [6, 6.07) is 12.8. The van der Waals surface area contributed by atoms with Gasteiger partial charge >= 0.3 is 12.2 Å². The van der Waals surface area contributed by atoms with Crippen LogP contribution in [-0.4, -0.2) is 39.8 Å². The molecule has 0 spiro atoms. The number of rotatable bonds is 6. The van der Waals surface area contributed by atoms with Crippen molar-refractivity contribution in [2.45, 2.75) is 25.4 Å². The van der Waals surface area contributed by atoms with E-state index in [-0.39, 0.29) is 22.7 Å². The Labute approximate surface area is 209 Å². The molecule has 1 aliphatic heterocycles. The smallest absolute Gasteiger partial charge is 0.416 e. The summed E-state index contributed by atoms with van der Waals surface area (Å²) in [4.78, 5) is 29.3. The van der Waals surface area contributed by atoms with E-state index >= 15 is 0 Å². The molecular formula is C26H20F3N3O5. The van der Waals surface area contributed by atoms with Crippen LogP contribution in [0, 0.1) is 11.3 Å². The summed E-state index contributed by atoms with van der Waals surface area (Å²) in [6.45, 7) is 0.749. The fourth-order valence-corrected chi connectivity index (χ4v) is 4.26. The number of amides is 2. The molecule has 0 fully saturated rings. The molecule has 3 aromatic rings. The first-order valence-electron chi connectivity index (χ1n) is 11.0. The van der Waals surface area contributed by atoms with Crippen LogP contribution in [0.3, 0.4) is 0 Å². The van der Waals surface area contributed by atoms with E-state index in [1.807, 2.05) is 6.07 Å². The molecule has 2 N–H and O–H groups in total. The zero-order valence-corrected chi connectivity index (χ0v) is 19.3. The van der Waals surface area contributed by atoms with Gasteiger partial charge in [0.2, 0.25) is 5.78 Å². The molecule has 0 radical (unpaired) electrons. The number of benzene rings is 2. The molecule has 4 rings (SSSR count). The summed E-state index contributed by atoms with van der Waals surface area (Å²) in [7, 11) is 0. The highest BCUT2D eigenvalue weighted by Crippen LogP contribution is 2.42. The number of allylic oxidation sites excluding steroid dienone is 1. The summed E-state index contributed by atoms with van der Waals surface area (Å²) >= 11 is 0. The van der Waals surface area contributed by atoms with E-state index in [1.165, 1.54) is 55.7 Å². The number of ketones is 1. The van der Waals surface area contributed by atoms with Gasteiger partial charge in [-0.05, 0) is 55.0 Å². The number of β-amino-alcohol motifs (C(OH)–C–C–N with tert-alkyl or cyclic N) is 2. The summed E-state index contributed by atoms with van der Waals surface area (Å²) in [5.41, 5.74) is -0.498. The number of Topliss-reactive ketones (excluding diaryl/α,β-unsaturated/α-hetero) is 1. The number of nitriles is 1. The van der Waals surface area contributed by atoms with Crippen molar-refractivity contribution in [1.82, 2.24) is 4.90 Å². The van der Waals surface area contributed by atoms with Crippen LogP contribution in [-0.2, 0) is 6.18 Å². The molecule has 0 aliphatic carbocycles. The Morgan fingerprint density at radius 3 is 2.41 bits per heavy atom. The van der Waals surface area contributed by atoms with E-state index in [9.17, 15) is 33.0 Å². The summed E-state index contributed by atoms with van der Waals surface area (Å²) < 4.78 is 45.6. The van der Waals surface area contributed by atoms with E-state index in [0.717, 1.165) is 28.0 Å². The van der Waals surface area contributed by atoms with Crippen LogP contribution >= 0.6 is 0 Å². The molecule has 1 atom stereocenters. The minimum atomic E-state index is -4.69. The number of aliphatic hydroxyl groups is 2. The molecule has 0 saturated carbocycles. The van der Waals surface area contributed by atoms with Gasteiger partial charge in [-0.3, -0.25) is 9.69 Å². The first-order chi connectivity index (χ1) is 17.5. The van der Waals surface area contributed by atoms with Crippen LogP contribution in [0.4, 0.5) is 23.7 Å². The summed E-state index contributed by atoms with van der Waals surface area (Å²) in [5, 5.41) is 28.7. The van der Waals surface area contributed by atoms with Gasteiger partial charge in [-0.2, -0.15) is 18.4 Å². The Kier molecular flexibility index (Phi) is 6.89. The van der Waals surface area contributed by atoms with Crippen molar-refractivity contribution < 1.29 is 37.4 Å². The normalized spacial score (nSPS) is 16.4. The zero-order valence-electron chi connectivity index (χ0n) is 19.3. The van der Waals surface area contributed by atoms with Gasteiger partial charge < -0.3 is 19.5 Å². The van der Waals surface area contributed by atoms with Crippen molar-refractivity contribution in [3.63, 3.8) is 0 Å². The standard InChI is InChI=1S/C26H20F3N3O5/c1-15-22(24(35)20-6-3-11-37-20)23(17-9-7-16(13-30)8-10-17)31(14-21(33)34)25(36)32(15)19-5-2-4-18(12-19)26(27,28)29/h2-12,21,23,33-34H,14H2,1H3. The van der Waals surface area contributed by atoms with Gasteiger partial charge in [-0.1, -0.05) is 18.2 Å². The van der Waals surface area contributed by atoms with Gasteiger partial charge in [0, 0.05) is 5.70 Å². The highest BCUT2D eigenvalue weighted by atomic mass is 19.4. The van der Waals surface area contributed by atoms with Crippen LogP contribution in [0.2, 0.25) is 0 Å². The molecule has 1 unspecified atom stereocenters. The maximum atomic E-state index is 13.7. The Morgan fingerprint density at radius 1 is 1.14 bits per heavy atom. The van der Waals surface area contributed by atoms with Crippen LogP contribution in [0.5, 0.6) is 0 Å². The van der Waals surface area contributed by atoms with Crippen molar-refractivity contribution >= 4 is 17.5 Å². The third-order valence-corrected chi connectivity index (χ3v) is 5.88. The number of halogens is 3. The number of anilines is 1. The van der Waals surface area contributed by atoms with Crippen LogP contribution in [0.25, 0.3) is 0 Å². The lowest BCUT2D eigenvalue weighted by Gasteiger charge is -2.43. The van der Waals surface area contributed by atoms with Crippen molar-refractivity contribution in [3.8, 4) is 6.07 Å². The van der Waals surface area contributed by atoms with Crippen molar-refractivity contribution in [2.24, 2.45) is 0 Å². The predicted octanol–water partition coefficient (Wildman–Crippen LogP) is 4.62. The Hall–Kier alpha value is -4.40. The molecule has 11 heteroatoms. The number of nitrogens with zero attached hydrogens (tertiary/aromatic N) is 3. The average molecular weight is 511 g/mol. The monoisotopic (exact) mass is 511 g/mol. The van der Waals surface area contributed by atoms with Gasteiger partial charge in [0.25, 0.3) is 0 Å². The van der Waals surface area contributed by atoms with Gasteiger partial charge in [-0.25, -0.2) is 4.79 Å². The number of alkyl halides is 3. The lowest BCUT2D eigenvalue weighted by atomic mass is 9.88. The third kappa shape index (κ3) is 4.97. The molecule has 0 saturated heterocycles. The SMILES string of the molecule is CC1=C(C(=O)c2ccco2)C(c2ccc(C#N)cc2)N(CC(O)O)C(=O)N1c1cccc(C(F)(F)F)c1. The lowest BCUT2D eigenvalue weighted by Crippen LogP contribution is -2.53. The summed E-state index contributed by atoms with van der Waals surface area (Å²) in [5.74, 6) is -0.741. The number of furan rings is 1. The topological polar surface area (TPSA) is 118 Å². The van der Waals surface area contributed by atoms with Crippen molar-refractivity contribution in [2.75, 3.05) is 11.4 Å². The average Bonchev–Trinajstić information content (AvgIpc) is 3.40. The molecule has 2 heterocycles. The van der Waals surface area contributed by atoms with Gasteiger partial charge in [-0.15, -0.1) is 0 Å². The Balaban J connectivity index is 1.97. The minimum absolute atomic E-state index is 0.0303. The lowest BCUT2D eigenvalue weighted by molar-refractivity contribution is -0.137. The first-order valence-corrected chi connectivity index (χ1v) is 11.0. The van der Waals surface area contributed by atoms with Crippen molar-refractivity contribution in [3.05, 3.63) is 101 Å². The highest BCUT2D eigenvalue weighted by molar-refractivity contribution is 6.12. The third-order valence-electron chi connectivity index (χ3n) is 5.88. The van der Waals surface area contributed by atoms with E-state index in [4.69, 9.17) is 9.68 Å². The van der Waals surface area contributed by atoms with E-state index in [2.05, 4.69) is 0 Å². The molecule has 190 valence electrons. The van der Waals surface area contributed by atoms with Crippen LogP contribution in [0.1, 0.15) is 40.2 Å². The second kappa shape index (κ2) is 9.93. The Bertz CT molecular complexity index is 1390. The number of hydrogen-bond donors (Lipinski definition) is 2. The molecule has 8 nitrogen and oxygen atoms in total. The van der Waals surface area contributed by atoms with E-state index < -0.39 is 42.4 Å². The molecule has 1 aromatic heterocycles. The van der Waals surface area contributed by atoms with Crippen LogP contribution in [0.15, 0.2) is 82.6 Å². The van der Waals surface area contributed by atoms with E-state index in [1.54, 1.807) is 0 Å². The fraction of sp³-hybridized carbons (Fsp3) is 0.192. The summed E-state index contributed by atoms with van der Waals surface area (Å²) in [6.07, 6.45) is -5.44. The first kappa shape index (κ1) is 25.7. The van der Waals surface area contributed by atoms with Crippen molar-refractivity contribution in [1.29, 1.82) is 5.26 Å². The Morgan fingerprint density at radius 2 is 1.84 bits per heavy atom. The fourth-order valence-electron chi connectivity index (χ4n) is 4.26. The van der Waals surface area contributed by atoms with Gasteiger partial charge in [0.1, 0.15) is 0 Å². The molecule has 1 aliphatic rings. The maximum Gasteiger partial charge on any atom is 0.416 e. The van der Waals surface area contributed by atoms with Gasteiger partial charge in [0.05, 0.1) is 47.3 Å². The molecule has 0 bridgehead atoms. The number of carbonyl (C=O) groups is 2. The molecule has 2 aromatic carbocycles. The second-order valence-electron chi connectivity index (χ2n) is 8.24. The largest absolute Gasteiger partial charge is 0.461 e. The number of hydrogen-bond acceptors (Lipinski definition) is 6. The quantitative estimate of drug-likeness (QED) is 0.368. The predicted molar refractivity (Wildman–Crippen MR) is 124 cm³/mol. The molecular weight excluding hydrogens is 491 g/mol. The zero-order chi connectivity index (χ0) is 26.9. The maximum absolute atomic E-state index is 13.7. The highest BCUT2D eigenvalue weighted by Gasteiger charge is 2.44. The minimum Gasteiger partial charge on any atom is -0.461 e. The molecule has 37 heavy (non-hydrogen) atoms. The second-order valence-corrected chi connectivity index (χ2v) is 8.24. The number of carbonyl (C=O) groups excluding carboxylic acids is 2. The van der Waals surface area contributed by atoms with E-state index in [0.29, 0.717) is 11.1 Å².